The lowest BCUT2D eigenvalue weighted by Crippen LogP contribution is -2.14. The van der Waals surface area contributed by atoms with E-state index in [0.717, 1.165) is 9.90 Å². The molecule has 0 atom stereocenters. The number of carbonyl (C=O) groups excluding carboxylic acids is 1. The Morgan fingerprint density at radius 3 is 2.81 bits per heavy atom. The van der Waals surface area contributed by atoms with E-state index in [1.54, 1.807) is 13.1 Å². The number of anilines is 1. The third-order valence-corrected chi connectivity index (χ3v) is 6.71. The van der Waals surface area contributed by atoms with Crippen LogP contribution in [-0.4, -0.2) is 42.1 Å². The van der Waals surface area contributed by atoms with Gasteiger partial charge in [0.05, 0.1) is 15.8 Å². The maximum Gasteiger partial charge on any atom is 0.236 e. The highest BCUT2D eigenvalue weighted by Gasteiger charge is 2.11. The van der Waals surface area contributed by atoms with Gasteiger partial charge in [0.1, 0.15) is 0 Å². The number of hydrogen-bond donors (Lipinski definition) is 1. The lowest BCUT2D eigenvalue weighted by Gasteiger charge is -2.01. The highest BCUT2D eigenvalue weighted by Crippen LogP contribution is 2.30. The van der Waals surface area contributed by atoms with Gasteiger partial charge in [-0.25, -0.2) is 4.68 Å². The van der Waals surface area contributed by atoms with E-state index in [2.05, 4.69) is 31.0 Å². The van der Waals surface area contributed by atoms with Crippen molar-refractivity contribution in [3.05, 3.63) is 33.8 Å². The van der Waals surface area contributed by atoms with Gasteiger partial charge in [-0.1, -0.05) is 64.1 Å². The van der Waals surface area contributed by atoms with Crippen molar-refractivity contribution in [2.24, 2.45) is 7.05 Å². The molecule has 136 valence electrons. The van der Waals surface area contributed by atoms with Crippen LogP contribution in [-0.2, 0) is 17.6 Å². The number of aryl methyl sites for hydroxylation is 1. The SMILES string of the molecule is Cn1nnnc1SCC(=O)Nc1nnc(SCc2ccc(Cl)c(Cl)c2)s1. The lowest BCUT2D eigenvalue weighted by molar-refractivity contribution is -0.113. The summed E-state index contributed by atoms with van der Waals surface area (Å²) in [5.74, 6) is 0.656. The molecular weight excluding hydrogens is 437 g/mol. The van der Waals surface area contributed by atoms with Crippen molar-refractivity contribution in [1.29, 1.82) is 0 Å². The van der Waals surface area contributed by atoms with E-state index < -0.39 is 0 Å². The molecule has 0 fully saturated rings. The number of tetrazole rings is 1. The van der Waals surface area contributed by atoms with E-state index >= 15 is 0 Å². The molecule has 1 amide bonds. The van der Waals surface area contributed by atoms with Crippen molar-refractivity contribution in [2.75, 3.05) is 11.1 Å². The van der Waals surface area contributed by atoms with Crippen LogP contribution in [0.2, 0.25) is 10.0 Å². The summed E-state index contributed by atoms with van der Waals surface area (Å²) in [6.07, 6.45) is 0. The van der Waals surface area contributed by atoms with Crippen LogP contribution < -0.4 is 5.32 Å². The van der Waals surface area contributed by atoms with Crippen LogP contribution in [0, 0.1) is 0 Å². The van der Waals surface area contributed by atoms with Crippen LogP contribution in [0.1, 0.15) is 5.56 Å². The van der Waals surface area contributed by atoms with Crippen molar-refractivity contribution >= 4 is 69.1 Å². The van der Waals surface area contributed by atoms with E-state index in [1.807, 2.05) is 12.1 Å². The Balaban J connectivity index is 1.48. The van der Waals surface area contributed by atoms with Crippen molar-refractivity contribution in [3.63, 3.8) is 0 Å². The zero-order valence-electron chi connectivity index (χ0n) is 13.2. The average molecular weight is 448 g/mol. The molecule has 1 N–H and O–H groups in total. The highest BCUT2D eigenvalue weighted by atomic mass is 35.5. The number of rotatable bonds is 7. The first-order valence-corrected chi connectivity index (χ1v) is 10.6. The molecule has 13 heteroatoms. The summed E-state index contributed by atoms with van der Waals surface area (Å²) in [5, 5.41) is 23.8. The molecule has 0 saturated carbocycles. The van der Waals surface area contributed by atoms with Crippen LogP contribution >= 0.6 is 58.1 Å². The minimum Gasteiger partial charge on any atom is -0.300 e. The van der Waals surface area contributed by atoms with E-state index in [4.69, 9.17) is 23.2 Å². The number of carbonyl (C=O) groups is 1. The van der Waals surface area contributed by atoms with Crippen LogP contribution in [0.15, 0.2) is 27.7 Å². The maximum absolute atomic E-state index is 12.0. The fraction of sp³-hybridized carbons (Fsp3) is 0.231. The predicted molar refractivity (Wildman–Crippen MR) is 104 cm³/mol. The number of amides is 1. The molecule has 0 spiro atoms. The van der Waals surface area contributed by atoms with Gasteiger partial charge in [-0.15, -0.1) is 15.3 Å². The Bertz CT molecular complexity index is 917. The Morgan fingerprint density at radius 2 is 2.08 bits per heavy atom. The summed E-state index contributed by atoms with van der Waals surface area (Å²) < 4.78 is 2.25. The average Bonchev–Trinajstić information content (AvgIpc) is 3.23. The van der Waals surface area contributed by atoms with Crippen molar-refractivity contribution < 1.29 is 4.79 Å². The molecule has 2 heterocycles. The number of aromatic nitrogens is 6. The second-order valence-corrected chi connectivity index (χ2v) is 8.79. The molecule has 0 aliphatic carbocycles. The smallest absolute Gasteiger partial charge is 0.236 e. The van der Waals surface area contributed by atoms with Gasteiger partial charge in [0.15, 0.2) is 4.34 Å². The molecule has 2 aromatic heterocycles. The van der Waals surface area contributed by atoms with Gasteiger partial charge >= 0.3 is 0 Å². The molecule has 0 saturated heterocycles. The van der Waals surface area contributed by atoms with Crippen molar-refractivity contribution in [1.82, 2.24) is 30.4 Å². The van der Waals surface area contributed by atoms with Gasteiger partial charge in [-0.3, -0.25) is 10.1 Å². The van der Waals surface area contributed by atoms with Gasteiger partial charge in [-0.05, 0) is 28.1 Å². The standard InChI is InChI=1S/C13H11Cl2N7OS3/c1-22-12(18-20-21-22)24-6-10(23)16-11-17-19-13(26-11)25-5-7-2-3-8(14)9(15)4-7/h2-4H,5-6H2,1H3,(H,16,17,23). The van der Waals surface area contributed by atoms with E-state index in [-0.39, 0.29) is 11.7 Å². The largest absolute Gasteiger partial charge is 0.300 e. The van der Waals surface area contributed by atoms with Gasteiger partial charge in [0.2, 0.25) is 16.2 Å². The van der Waals surface area contributed by atoms with Gasteiger partial charge in [0.25, 0.3) is 0 Å². The summed E-state index contributed by atoms with van der Waals surface area (Å²) in [7, 11) is 1.71. The van der Waals surface area contributed by atoms with E-state index in [1.165, 1.54) is 39.5 Å². The molecule has 0 aliphatic heterocycles. The molecule has 0 aliphatic rings. The second-order valence-electron chi connectivity index (χ2n) is 4.83. The first-order valence-electron chi connectivity index (χ1n) is 7.06. The Kier molecular flexibility index (Phi) is 6.70. The summed E-state index contributed by atoms with van der Waals surface area (Å²) in [6, 6.07) is 5.48. The first-order chi connectivity index (χ1) is 12.5. The topological polar surface area (TPSA) is 98.5 Å². The Hall–Kier alpha value is -1.40. The normalized spacial score (nSPS) is 10.9. The fourth-order valence-electron chi connectivity index (χ4n) is 1.72. The molecule has 0 unspecified atom stereocenters. The molecule has 8 nitrogen and oxygen atoms in total. The summed E-state index contributed by atoms with van der Waals surface area (Å²) >= 11 is 16.0. The van der Waals surface area contributed by atoms with Crippen LogP contribution in [0.25, 0.3) is 0 Å². The third kappa shape index (κ3) is 5.30. The van der Waals surface area contributed by atoms with Crippen LogP contribution in [0.3, 0.4) is 0 Å². The Labute approximate surface area is 171 Å². The van der Waals surface area contributed by atoms with E-state index in [9.17, 15) is 4.79 Å². The number of nitrogens with one attached hydrogen (secondary N) is 1. The second kappa shape index (κ2) is 9.00. The number of thioether (sulfide) groups is 2. The third-order valence-electron chi connectivity index (χ3n) is 2.91. The minimum atomic E-state index is -0.199. The maximum atomic E-state index is 12.0. The zero-order valence-corrected chi connectivity index (χ0v) is 17.2. The fourth-order valence-corrected chi connectivity index (χ4v) is 4.40. The van der Waals surface area contributed by atoms with E-state index in [0.29, 0.717) is 26.1 Å². The summed E-state index contributed by atoms with van der Waals surface area (Å²) in [4.78, 5) is 12.0. The van der Waals surface area contributed by atoms with Crippen LogP contribution in [0.5, 0.6) is 0 Å². The number of halogens is 2. The monoisotopic (exact) mass is 447 g/mol. The summed E-state index contributed by atoms with van der Waals surface area (Å²) in [6.45, 7) is 0. The molecular formula is C13H11Cl2N7OS3. The molecule has 3 rings (SSSR count). The molecule has 0 bridgehead atoms. The van der Waals surface area contributed by atoms with Gasteiger partial charge in [-0.2, -0.15) is 0 Å². The lowest BCUT2D eigenvalue weighted by atomic mass is 10.2. The van der Waals surface area contributed by atoms with Crippen molar-refractivity contribution in [2.45, 2.75) is 15.2 Å². The molecule has 0 radical (unpaired) electrons. The molecule has 1 aromatic carbocycles. The van der Waals surface area contributed by atoms with Crippen molar-refractivity contribution in [3.8, 4) is 0 Å². The minimum absolute atomic E-state index is 0.180. The Morgan fingerprint density at radius 1 is 1.23 bits per heavy atom. The van der Waals surface area contributed by atoms with Gasteiger partial charge in [0, 0.05) is 12.8 Å². The highest BCUT2D eigenvalue weighted by molar-refractivity contribution is 8.00. The summed E-state index contributed by atoms with van der Waals surface area (Å²) in [5.41, 5.74) is 1.03. The molecule has 26 heavy (non-hydrogen) atoms. The number of hydrogen-bond acceptors (Lipinski definition) is 9. The predicted octanol–water partition coefficient (Wildman–Crippen LogP) is 3.39. The first kappa shape index (κ1) is 19.4. The molecule has 3 aromatic rings. The van der Waals surface area contributed by atoms with Crippen LogP contribution in [0.4, 0.5) is 5.13 Å². The number of benzene rings is 1. The quantitative estimate of drug-likeness (QED) is 0.434. The number of nitrogens with zero attached hydrogens (tertiary/aromatic N) is 6. The van der Waals surface area contributed by atoms with Gasteiger partial charge < -0.3 is 0 Å². The zero-order chi connectivity index (χ0) is 18.5.